The standard InChI is InChI=1S/C20H30FNO/c1-13(2)22-18-14(3)11-20(6,12-17(18)19(4,5)23-22)15-7-9-16(21)10-8-15/h7-10,13-14,17-18H,11-12H2,1-6H3. The maximum atomic E-state index is 13.3. The van der Waals surface area contributed by atoms with Crippen molar-refractivity contribution in [2.24, 2.45) is 11.8 Å². The first kappa shape index (κ1) is 16.9. The zero-order valence-electron chi connectivity index (χ0n) is 15.3. The quantitative estimate of drug-likeness (QED) is 0.766. The fourth-order valence-electron chi connectivity index (χ4n) is 4.94. The molecule has 4 unspecified atom stereocenters. The van der Waals surface area contributed by atoms with Crippen LogP contribution in [0.1, 0.15) is 59.9 Å². The molecule has 1 saturated carbocycles. The molecule has 1 aliphatic carbocycles. The van der Waals surface area contributed by atoms with Crippen LogP contribution < -0.4 is 0 Å². The van der Waals surface area contributed by atoms with Crippen molar-refractivity contribution in [1.82, 2.24) is 5.06 Å². The highest BCUT2D eigenvalue weighted by atomic mass is 19.1. The van der Waals surface area contributed by atoms with E-state index in [1.54, 1.807) is 12.1 Å². The van der Waals surface area contributed by atoms with Crippen molar-refractivity contribution in [3.63, 3.8) is 0 Å². The van der Waals surface area contributed by atoms with Crippen LogP contribution in [0.5, 0.6) is 0 Å². The highest BCUT2D eigenvalue weighted by Gasteiger charge is 2.56. The Balaban J connectivity index is 1.94. The van der Waals surface area contributed by atoms with Crippen LogP contribution in [0.25, 0.3) is 0 Å². The number of hydrogen-bond donors (Lipinski definition) is 0. The third-order valence-corrected chi connectivity index (χ3v) is 6.02. The smallest absolute Gasteiger partial charge is 0.123 e. The second-order valence-corrected chi connectivity index (χ2v) is 8.70. The summed E-state index contributed by atoms with van der Waals surface area (Å²) in [6.07, 6.45) is 2.20. The normalized spacial score (nSPS) is 37.1. The van der Waals surface area contributed by atoms with E-state index < -0.39 is 0 Å². The fourth-order valence-corrected chi connectivity index (χ4v) is 4.94. The van der Waals surface area contributed by atoms with Crippen molar-refractivity contribution >= 4 is 0 Å². The number of benzene rings is 1. The molecule has 0 spiro atoms. The van der Waals surface area contributed by atoms with Crippen LogP contribution in [0.4, 0.5) is 4.39 Å². The van der Waals surface area contributed by atoms with E-state index in [4.69, 9.17) is 4.84 Å². The van der Waals surface area contributed by atoms with Crippen molar-refractivity contribution < 1.29 is 9.23 Å². The van der Waals surface area contributed by atoms with Gasteiger partial charge in [-0.05, 0) is 69.6 Å². The molecule has 2 aliphatic rings. The fraction of sp³-hybridized carbons (Fsp3) is 0.700. The van der Waals surface area contributed by atoms with Crippen LogP contribution in [0, 0.1) is 17.7 Å². The first-order valence-electron chi connectivity index (χ1n) is 8.87. The number of halogens is 1. The second kappa shape index (κ2) is 5.56. The van der Waals surface area contributed by atoms with Gasteiger partial charge in [-0.1, -0.05) is 26.0 Å². The Hall–Kier alpha value is -0.930. The van der Waals surface area contributed by atoms with Crippen LogP contribution in [0.2, 0.25) is 0 Å². The number of fused-ring (bicyclic) bond motifs is 1. The lowest BCUT2D eigenvalue weighted by atomic mass is 9.59. The lowest BCUT2D eigenvalue weighted by Crippen LogP contribution is -2.50. The van der Waals surface area contributed by atoms with E-state index in [0.29, 0.717) is 23.9 Å². The molecular weight excluding hydrogens is 289 g/mol. The molecule has 2 nitrogen and oxygen atoms in total. The van der Waals surface area contributed by atoms with Crippen molar-refractivity contribution in [3.05, 3.63) is 35.6 Å². The van der Waals surface area contributed by atoms with Crippen LogP contribution in [-0.2, 0) is 10.3 Å². The van der Waals surface area contributed by atoms with Crippen LogP contribution in [0.15, 0.2) is 24.3 Å². The predicted molar refractivity (Wildman–Crippen MR) is 91.6 cm³/mol. The number of nitrogens with zero attached hydrogens (tertiary/aromatic N) is 1. The third kappa shape index (κ3) is 2.83. The number of hydroxylamine groups is 2. The van der Waals surface area contributed by atoms with E-state index >= 15 is 0 Å². The molecule has 0 N–H and O–H groups in total. The molecule has 1 aliphatic heterocycles. The maximum absolute atomic E-state index is 13.3. The molecule has 0 radical (unpaired) electrons. The summed E-state index contributed by atoms with van der Waals surface area (Å²) in [5.41, 5.74) is 1.19. The Bertz CT molecular complexity index is 568. The zero-order valence-corrected chi connectivity index (χ0v) is 15.3. The summed E-state index contributed by atoms with van der Waals surface area (Å²) < 4.78 is 13.3. The highest BCUT2D eigenvalue weighted by molar-refractivity contribution is 5.27. The summed E-state index contributed by atoms with van der Waals surface area (Å²) in [5.74, 6) is 0.881. The van der Waals surface area contributed by atoms with Gasteiger partial charge >= 0.3 is 0 Å². The van der Waals surface area contributed by atoms with Crippen LogP contribution >= 0.6 is 0 Å². The topological polar surface area (TPSA) is 12.5 Å². The zero-order chi connectivity index (χ0) is 17.0. The minimum Gasteiger partial charge on any atom is -0.292 e. The minimum atomic E-state index is -0.158. The number of rotatable bonds is 2. The number of hydrogen-bond acceptors (Lipinski definition) is 2. The van der Waals surface area contributed by atoms with E-state index in [0.717, 1.165) is 12.8 Å². The Morgan fingerprint density at radius 2 is 1.74 bits per heavy atom. The van der Waals surface area contributed by atoms with E-state index in [2.05, 4.69) is 46.6 Å². The van der Waals surface area contributed by atoms with Gasteiger partial charge in [-0.2, -0.15) is 5.06 Å². The van der Waals surface area contributed by atoms with Crippen molar-refractivity contribution in [2.75, 3.05) is 0 Å². The molecule has 4 atom stereocenters. The van der Waals surface area contributed by atoms with Gasteiger partial charge in [0.1, 0.15) is 5.82 Å². The first-order chi connectivity index (χ1) is 10.6. The van der Waals surface area contributed by atoms with Gasteiger partial charge in [0.25, 0.3) is 0 Å². The SMILES string of the molecule is CC1CC(C)(c2ccc(F)cc2)CC2C1N(C(C)C)OC2(C)C. The van der Waals surface area contributed by atoms with E-state index in [-0.39, 0.29) is 16.8 Å². The Morgan fingerprint density at radius 3 is 2.30 bits per heavy atom. The van der Waals surface area contributed by atoms with Crippen molar-refractivity contribution in [2.45, 2.75) is 77.5 Å². The van der Waals surface area contributed by atoms with Gasteiger partial charge < -0.3 is 0 Å². The average molecular weight is 319 g/mol. The molecule has 0 amide bonds. The van der Waals surface area contributed by atoms with Crippen LogP contribution in [-0.4, -0.2) is 22.7 Å². The Kier molecular flexibility index (Phi) is 4.09. The summed E-state index contributed by atoms with van der Waals surface area (Å²) in [6.45, 7) is 13.5. The third-order valence-electron chi connectivity index (χ3n) is 6.02. The molecule has 3 heteroatoms. The van der Waals surface area contributed by atoms with Gasteiger partial charge in [-0.3, -0.25) is 4.84 Å². The lowest BCUT2D eigenvalue weighted by molar-refractivity contribution is -0.215. The van der Waals surface area contributed by atoms with E-state index in [9.17, 15) is 4.39 Å². The molecule has 128 valence electrons. The minimum absolute atomic E-state index is 0.0852. The van der Waals surface area contributed by atoms with Crippen molar-refractivity contribution in [3.8, 4) is 0 Å². The largest absolute Gasteiger partial charge is 0.292 e. The monoisotopic (exact) mass is 319 g/mol. The van der Waals surface area contributed by atoms with Gasteiger partial charge in [-0.25, -0.2) is 4.39 Å². The Labute approximate surface area is 140 Å². The summed E-state index contributed by atoms with van der Waals surface area (Å²) in [7, 11) is 0. The summed E-state index contributed by atoms with van der Waals surface area (Å²) in [6, 6.07) is 7.97. The summed E-state index contributed by atoms with van der Waals surface area (Å²) in [5, 5.41) is 2.24. The lowest BCUT2D eigenvalue weighted by Gasteiger charge is -2.47. The predicted octanol–water partition coefficient (Wildman–Crippen LogP) is 4.93. The average Bonchev–Trinajstić information content (AvgIpc) is 2.71. The van der Waals surface area contributed by atoms with Gasteiger partial charge in [0.05, 0.1) is 5.60 Å². The molecular formula is C20H30FNO. The molecule has 1 aromatic rings. The molecule has 2 fully saturated rings. The molecule has 0 bridgehead atoms. The van der Waals surface area contributed by atoms with Crippen molar-refractivity contribution in [1.29, 1.82) is 0 Å². The molecule has 1 saturated heterocycles. The molecule has 23 heavy (non-hydrogen) atoms. The Morgan fingerprint density at radius 1 is 1.13 bits per heavy atom. The molecule has 1 aromatic carbocycles. The van der Waals surface area contributed by atoms with Gasteiger partial charge in [0.2, 0.25) is 0 Å². The molecule has 1 heterocycles. The van der Waals surface area contributed by atoms with Gasteiger partial charge in [0, 0.05) is 18.0 Å². The van der Waals surface area contributed by atoms with Gasteiger partial charge in [-0.15, -0.1) is 0 Å². The maximum Gasteiger partial charge on any atom is 0.123 e. The van der Waals surface area contributed by atoms with Crippen LogP contribution in [0.3, 0.4) is 0 Å². The molecule has 3 rings (SSSR count). The summed E-state index contributed by atoms with van der Waals surface area (Å²) in [4.78, 5) is 6.35. The highest BCUT2D eigenvalue weighted by Crippen LogP contribution is 2.53. The second-order valence-electron chi connectivity index (χ2n) is 8.70. The van der Waals surface area contributed by atoms with E-state index in [1.807, 2.05) is 12.1 Å². The van der Waals surface area contributed by atoms with Gasteiger partial charge in [0.15, 0.2) is 0 Å². The van der Waals surface area contributed by atoms with E-state index in [1.165, 1.54) is 5.56 Å². The molecule has 0 aromatic heterocycles. The summed E-state index contributed by atoms with van der Waals surface area (Å²) >= 11 is 0. The first-order valence-corrected chi connectivity index (χ1v) is 8.87.